The largest absolute Gasteiger partial charge is 0.380 e. The Bertz CT molecular complexity index is 323. The minimum atomic E-state index is 0.561. The molecular formula is C13H18ClNO. The third kappa shape index (κ3) is 3.48. The molecule has 2 rings (SSSR count). The summed E-state index contributed by atoms with van der Waals surface area (Å²) in [6.07, 6.45) is 3.31. The highest BCUT2D eigenvalue weighted by Gasteiger charge is 2.13. The maximum absolute atomic E-state index is 6.09. The van der Waals surface area contributed by atoms with Crippen molar-refractivity contribution < 1.29 is 4.74 Å². The van der Waals surface area contributed by atoms with Crippen LogP contribution in [0.4, 0.5) is 0 Å². The van der Waals surface area contributed by atoms with Crippen LogP contribution in [-0.4, -0.2) is 25.8 Å². The van der Waals surface area contributed by atoms with Gasteiger partial charge >= 0.3 is 0 Å². The summed E-state index contributed by atoms with van der Waals surface area (Å²) in [5.74, 6) is 0. The van der Waals surface area contributed by atoms with Crippen molar-refractivity contribution >= 4 is 11.6 Å². The molecule has 1 aliphatic rings. The smallest absolute Gasteiger partial charge is 0.0620 e. The van der Waals surface area contributed by atoms with Crippen LogP contribution in [0.1, 0.15) is 18.4 Å². The molecule has 0 aromatic heterocycles. The highest BCUT2D eigenvalue weighted by Crippen LogP contribution is 2.16. The Morgan fingerprint density at radius 1 is 1.38 bits per heavy atom. The van der Waals surface area contributed by atoms with Gasteiger partial charge in [0.25, 0.3) is 0 Å². The van der Waals surface area contributed by atoms with Crippen molar-refractivity contribution in [1.29, 1.82) is 0 Å². The van der Waals surface area contributed by atoms with Gasteiger partial charge in [-0.1, -0.05) is 29.8 Å². The van der Waals surface area contributed by atoms with E-state index in [0.29, 0.717) is 6.04 Å². The molecule has 0 aliphatic carbocycles. The summed E-state index contributed by atoms with van der Waals surface area (Å²) in [6, 6.07) is 8.63. The van der Waals surface area contributed by atoms with Gasteiger partial charge in [-0.3, -0.25) is 0 Å². The molecule has 1 aromatic rings. The van der Waals surface area contributed by atoms with Gasteiger partial charge in [0.15, 0.2) is 0 Å². The fraction of sp³-hybridized carbons (Fsp3) is 0.538. The molecule has 1 fully saturated rings. The lowest BCUT2D eigenvalue weighted by molar-refractivity contribution is 0.190. The predicted molar refractivity (Wildman–Crippen MR) is 67.0 cm³/mol. The first-order chi connectivity index (χ1) is 7.86. The monoisotopic (exact) mass is 239 g/mol. The third-order valence-electron chi connectivity index (χ3n) is 2.94. The van der Waals surface area contributed by atoms with Crippen LogP contribution in [0.3, 0.4) is 0 Å². The number of halogens is 1. The summed E-state index contributed by atoms with van der Waals surface area (Å²) in [7, 11) is 0. The maximum Gasteiger partial charge on any atom is 0.0620 e. The molecule has 0 radical (unpaired) electrons. The van der Waals surface area contributed by atoms with Gasteiger partial charge in [0.1, 0.15) is 0 Å². The molecule has 1 aliphatic heterocycles. The standard InChI is InChI=1S/C13H18ClNO/c14-13-6-2-1-4-11(13)5-3-8-15-12-7-9-16-10-12/h1-2,4,6,12,15H,3,5,7-10H2. The van der Waals surface area contributed by atoms with E-state index < -0.39 is 0 Å². The molecular weight excluding hydrogens is 222 g/mol. The van der Waals surface area contributed by atoms with Crippen molar-refractivity contribution in [2.75, 3.05) is 19.8 Å². The molecule has 0 bridgehead atoms. The molecule has 0 saturated carbocycles. The van der Waals surface area contributed by atoms with E-state index in [-0.39, 0.29) is 0 Å². The lowest BCUT2D eigenvalue weighted by atomic mass is 10.1. The zero-order valence-electron chi connectivity index (χ0n) is 9.42. The highest BCUT2D eigenvalue weighted by molar-refractivity contribution is 6.31. The lowest BCUT2D eigenvalue weighted by Gasteiger charge is -2.10. The average molecular weight is 240 g/mol. The van der Waals surface area contributed by atoms with Crippen LogP contribution in [0.15, 0.2) is 24.3 Å². The van der Waals surface area contributed by atoms with E-state index in [4.69, 9.17) is 16.3 Å². The van der Waals surface area contributed by atoms with Crippen molar-refractivity contribution in [3.05, 3.63) is 34.9 Å². The summed E-state index contributed by atoms with van der Waals surface area (Å²) in [4.78, 5) is 0. The van der Waals surface area contributed by atoms with Gasteiger partial charge in [-0.2, -0.15) is 0 Å². The van der Waals surface area contributed by atoms with E-state index in [9.17, 15) is 0 Å². The SMILES string of the molecule is Clc1ccccc1CCCNC1CCOC1. The minimum Gasteiger partial charge on any atom is -0.380 e. The van der Waals surface area contributed by atoms with Gasteiger partial charge in [-0.25, -0.2) is 0 Å². The number of rotatable bonds is 5. The topological polar surface area (TPSA) is 21.3 Å². The van der Waals surface area contributed by atoms with Gasteiger partial charge in [0.2, 0.25) is 0 Å². The van der Waals surface area contributed by atoms with Crippen LogP contribution in [0.5, 0.6) is 0 Å². The summed E-state index contributed by atoms with van der Waals surface area (Å²) in [5, 5.41) is 4.38. The highest BCUT2D eigenvalue weighted by atomic mass is 35.5. The van der Waals surface area contributed by atoms with Gasteiger partial charge in [0.05, 0.1) is 6.61 Å². The number of benzene rings is 1. The Kier molecular flexibility index (Phi) is 4.64. The zero-order chi connectivity index (χ0) is 11.2. The van der Waals surface area contributed by atoms with E-state index in [1.165, 1.54) is 5.56 Å². The normalized spacial score (nSPS) is 20.2. The molecule has 1 heterocycles. The van der Waals surface area contributed by atoms with Crippen molar-refractivity contribution in [1.82, 2.24) is 5.32 Å². The van der Waals surface area contributed by atoms with E-state index in [0.717, 1.165) is 44.0 Å². The van der Waals surface area contributed by atoms with E-state index >= 15 is 0 Å². The lowest BCUT2D eigenvalue weighted by Crippen LogP contribution is -2.30. The number of hydrogen-bond donors (Lipinski definition) is 1. The quantitative estimate of drug-likeness (QED) is 0.798. The van der Waals surface area contributed by atoms with E-state index in [1.54, 1.807) is 0 Å². The van der Waals surface area contributed by atoms with E-state index in [1.807, 2.05) is 18.2 Å². The Balaban J connectivity index is 1.66. The zero-order valence-corrected chi connectivity index (χ0v) is 10.2. The first-order valence-electron chi connectivity index (χ1n) is 5.91. The third-order valence-corrected chi connectivity index (χ3v) is 3.31. The molecule has 1 saturated heterocycles. The van der Waals surface area contributed by atoms with Crippen LogP contribution >= 0.6 is 11.6 Å². The van der Waals surface area contributed by atoms with Crippen LogP contribution in [0, 0.1) is 0 Å². The Labute approximate surface area is 102 Å². The van der Waals surface area contributed by atoms with Gasteiger partial charge in [0, 0.05) is 17.7 Å². The number of nitrogens with one attached hydrogen (secondary N) is 1. The fourth-order valence-electron chi connectivity index (χ4n) is 1.98. The number of hydrogen-bond acceptors (Lipinski definition) is 2. The Hall–Kier alpha value is -0.570. The van der Waals surface area contributed by atoms with Crippen molar-refractivity contribution in [3.63, 3.8) is 0 Å². The van der Waals surface area contributed by atoms with Gasteiger partial charge < -0.3 is 10.1 Å². The van der Waals surface area contributed by atoms with Crippen molar-refractivity contribution in [2.24, 2.45) is 0 Å². The Morgan fingerprint density at radius 3 is 3.00 bits per heavy atom. The predicted octanol–water partition coefficient (Wildman–Crippen LogP) is 2.65. The summed E-state index contributed by atoms with van der Waals surface area (Å²) in [6.45, 7) is 2.81. The Morgan fingerprint density at radius 2 is 2.25 bits per heavy atom. The first-order valence-corrected chi connectivity index (χ1v) is 6.28. The number of ether oxygens (including phenoxy) is 1. The fourth-order valence-corrected chi connectivity index (χ4v) is 2.21. The molecule has 1 unspecified atom stereocenters. The van der Waals surface area contributed by atoms with Crippen molar-refractivity contribution in [2.45, 2.75) is 25.3 Å². The van der Waals surface area contributed by atoms with Crippen LogP contribution in [0.2, 0.25) is 5.02 Å². The van der Waals surface area contributed by atoms with Crippen molar-refractivity contribution in [3.8, 4) is 0 Å². The summed E-state index contributed by atoms with van der Waals surface area (Å²) >= 11 is 6.09. The first kappa shape index (κ1) is 11.9. The van der Waals surface area contributed by atoms with Gasteiger partial charge in [-0.05, 0) is 37.4 Å². The molecule has 1 N–H and O–H groups in total. The summed E-state index contributed by atoms with van der Waals surface area (Å²) < 4.78 is 5.31. The minimum absolute atomic E-state index is 0.561. The molecule has 2 nitrogen and oxygen atoms in total. The van der Waals surface area contributed by atoms with Crippen LogP contribution in [-0.2, 0) is 11.2 Å². The second-order valence-electron chi connectivity index (χ2n) is 4.21. The molecule has 3 heteroatoms. The molecule has 0 amide bonds. The van der Waals surface area contributed by atoms with Crippen LogP contribution < -0.4 is 5.32 Å². The van der Waals surface area contributed by atoms with Crippen LogP contribution in [0.25, 0.3) is 0 Å². The number of aryl methyl sites for hydroxylation is 1. The second-order valence-corrected chi connectivity index (χ2v) is 4.62. The molecule has 1 atom stereocenters. The maximum atomic E-state index is 6.09. The summed E-state index contributed by atoms with van der Waals surface area (Å²) in [5.41, 5.74) is 1.24. The molecule has 88 valence electrons. The average Bonchev–Trinajstić information content (AvgIpc) is 2.79. The van der Waals surface area contributed by atoms with Gasteiger partial charge in [-0.15, -0.1) is 0 Å². The van der Waals surface area contributed by atoms with E-state index in [2.05, 4.69) is 11.4 Å². The molecule has 1 aromatic carbocycles. The molecule has 0 spiro atoms. The second kappa shape index (κ2) is 6.24. The molecule has 16 heavy (non-hydrogen) atoms.